The molecule has 1 aromatic heterocycles. The number of halogens is 3. The zero-order chi connectivity index (χ0) is 18.2. The second kappa shape index (κ2) is 6.08. The lowest BCUT2D eigenvalue weighted by molar-refractivity contribution is 0.0365. The zero-order valence-electron chi connectivity index (χ0n) is 13.1. The van der Waals surface area contributed by atoms with Crippen LogP contribution in [0.2, 0.25) is 0 Å². The van der Waals surface area contributed by atoms with E-state index < -0.39 is 28.7 Å². The molecule has 0 radical (unpaired) electrons. The van der Waals surface area contributed by atoms with Crippen LogP contribution in [-0.4, -0.2) is 9.55 Å². The Bertz CT molecular complexity index is 1020. The van der Waals surface area contributed by atoms with Gasteiger partial charge >= 0.3 is 11.6 Å². The summed E-state index contributed by atoms with van der Waals surface area (Å²) in [4.78, 5) is 26.8. The van der Waals surface area contributed by atoms with Crippen LogP contribution in [-0.2, 0) is 5.92 Å². The van der Waals surface area contributed by atoms with Gasteiger partial charge in [-0.15, -0.1) is 0 Å². The molecule has 0 aliphatic carbocycles. The molecule has 0 bridgehead atoms. The van der Waals surface area contributed by atoms with Crippen LogP contribution in [0.4, 0.5) is 13.2 Å². The Morgan fingerprint density at radius 1 is 0.960 bits per heavy atom. The molecule has 4 nitrogen and oxygen atoms in total. The van der Waals surface area contributed by atoms with Gasteiger partial charge < -0.3 is 4.98 Å². The first-order valence-corrected chi connectivity index (χ1v) is 7.38. The van der Waals surface area contributed by atoms with Gasteiger partial charge in [0.05, 0.1) is 5.69 Å². The Balaban J connectivity index is 2.21. The Labute approximate surface area is 140 Å². The van der Waals surface area contributed by atoms with Crippen molar-refractivity contribution in [3.63, 3.8) is 0 Å². The van der Waals surface area contributed by atoms with E-state index >= 15 is 0 Å². The number of nitrogens with zero attached hydrogens (tertiary/aromatic N) is 1. The first kappa shape index (κ1) is 16.8. The molecule has 128 valence electrons. The van der Waals surface area contributed by atoms with Gasteiger partial charge in [-0.2, -0.15) is 8.78 Å². The molecule has 0 fully saturated rings. The van der Waals surface area contributed by atoms with Crippen molar-refractivity contribution in [2.75, 3.05) is 0 Å². The number of aromatic nitrogens is 2. The monoisotopic (exact) mass is 346 g/mol. The summed E-state index contributed by atoms with van der Waals surface area (Å²) in [6.07, 6.45) is 0. The summed E-state index contributed by atoms with van der Waals surface area (Å²) < 4.78 is 43.2. The molecule has 0 amide bonds. The topological polar surface area (TPSA) is 54.9 Å². The van der Waals surface area contributed by atoms with Crippen molar-refractivity contribution < 1.29 is 13.2 Å². The number of alkyl halides is 2. The van der Waals surface area contributed by atoms with Crippen molar-refractivity contribution in [3.05, 3.63) is 98.1 Å². The minimum absolute atomic E-state index is 0.0883. The van der Waals surface area contributed by atoms with Crippen molar-refractivity contribution in [1.29, 1.82) is 0 Å². The summed E-state index contributed by atoms with van der Waals surface area (Å²) in [5, 5.41) is 0. The van der Waals surface area contributed by atoms with Gasteiger partial charge in [0.25, 0.3) is 5.56 Å². The molecule has 1 N–H and O–H groups in total. The predicted octanol–water partition coefficient (Wildman–Crippen LogP) is 3.11. The number of hydrogen-bond acceptors (Lipinski definition) is 2. The third-order valence-corrected chi connectivity index (χ3v) is 3.87. The highest BCUT2D eigenvalue weighted by Gasteiger charge is 2.38. The molecule has 0 aliphatic heterocycles. The summed E-state index contributed by atoms with van der Waals surface area (Å²) in [6, 6.07) is 11.5. The largest absolute Gasteiger partial charge is 0.333 e. The average Bonchev–Trinajstić information content (AvgIpc) is 2.60. The molecule has 25 heavy (non-hydrogen) atoms. The Morgan fingerprint density at radius 2 is 1.56 bits per heavy atom. The van der Waals surface area contributed by atoms with Crippen molar-refractivity contribution in [2.45, 2.75) is 12.8 Å². The van der Waals surface area contributed by atoms with Crippen LogP contribution in [0.15, 0.2) is 64.2 Å². The minimum Gasteiger partial charge on any atom is -0.305 e. The lowest BCUT2D eigenvalue weighted by Gasteiger charge is -2.19. The number of rotatable bonds is 3. The van der Waals surface area contributed by atoms with Gasteiger partial charge in [-0.05, 0) is 31.2 Å². The number of hydrogen-bond donors (Lipinski definition) is 1. The second-order valence-electron chi connectivity index (χ2n) is 5.49. The number of aromatic amines is 1. The van der Waals surface area contributed by atoms with Gasteiger partial charge in [0.2, 0.25) is 0 Å². The van der Waals surface area contributed by atoms with Crippen LogP contribution in [0, 0.1) is 12.7 Å². The van der Waals surface area contributed by atoms with E-state index in [9.17, 15) is 22.8 Å². The van der Waals surface area contributed by atoms with Gasteiger partial charge in [-0.3, -0.25) is 4.79 Å². The summed E-state index contributed by atoms with van der Waals surface area (Å²) in [5.74, 6) is -4.08. The minimum atomic E-state index is -3.54. The Hall–Kier alpha value is -3.09. The van der Waals surface area contributed by atoms with Gasteiger partial charge in [0, 0.05) is 11.1 Å². The van der Waals surface area contributed by atoms with E-state index in [0.717, 1.165) is 12.1 Å². The highest BCUT2D eigenvalue weighted by Crippen LogP contribution is 2.34. The Kier molecular flexibility index (Phi) is 4.08. The highest BCUT2D eigenvalue weighted by molar-refractivity contribution is 5.36. The summed E-state index contributed by atoms with van der Waals surface area (Å²) in [7, 11) is 0. The van der Waals surface area contributed by atoms with Crippen LogP contribution < -0.4 is 11.2 Å². The van der Waals surface area contributed by atoms with Crippen molar-refractivity contribution >= 4 is 0 Å². The van der Waals surface area contributed by atoms with E-state index in [4.69, 9.17) is 0 Å². The van der Waals surface area contributed by atoms with E-state index in [1.165, 1.54) is 43.3 Å². The first-order chi connectivity index (χ1) is 11.8. The maximum absolute atomic E-state index is 14.7. The molecule has 7 heteroatoms. The van der Waals surface area contributed by atoms with E-state index in [0.29, 0.717) is 4.57 Å². The quantitative estimate of drug-likeness (QED) is 0.792. The highest BCUT2D eigenvalue weighted by atomic mass is 19.3. The maximum Gasteiger partial charge on any atom is 0.333 e. The van der Waals surface area contributed by atoms with E-state index in [2.05, 4.69) is 4.98 Å². The normalized spacial score (nSPS) is 11.5. The summed E-state index contributed by atoms with van der Waals surface area (Å²) in [6.45, 7) is 1.21. The number of benzene rings is 2. The molecule has 3 aromatic rings. The zero-order valence-corrected chi connectivity index (χ0v) is 13.1. The smallest absolute Gasteiger partial charge is 0.305 e. The summed E-state index contributed by atoms with van der Waals surface area (Å²) in [5.41, 5.74) is -3.21. The summed E-state index contributed by atoms with van der Waals surface area (Å²) >= 11 is 0. The van der Waals surface area contributed by atoms with E-state index in [1.54, 1.807) is 6.07 Å². The van der Waals surface area contributed by atoms with Gasteiger partial charge in [0.1, 0.15) is 11.5 Å². The van der Waals surface area contributed by atoms with Crippen LogP contribution in [0.5, 0.6) is 0 Å². The molecule has 0 saturated carbocycles. The molecule has 2 aromatic carbocycles. The molecule has 0 spiro atoms. The third-order valence-electron chi connectivity index (χ3n) is 3.87. The second-order valence-corrected chi connectivity index (χ2v) is 5.49. The van der Waals surface area contributed by atoms with Crippen LogP contribution in [0.3, 0.4) is 0 Å². The van der Waals surface area contributed by atoms with Crippen molar-refractivity contribution in [2.24, 2.45) is 0 Å². The molecular formula is C18H13F3N2O2. The predicted molar refractivity (Wildman–Crippen MR) is 86.8 cm³/mol. The van der Waals surface area contributed by atoms with Gasteiger partial charge in [0.15, 0.2) is 0 Å². The van der Waals surface area contributed by atoms with Crippen molar-refractivity contribution in [1.82, 2.24) is 9.55 Å². The molecule has 1 heterocycles. The molecule has 0 aliphatic rings. The average molecular weight is 346 g/mol. The molecule has 3 rings (SSSR count). The van der Waals surface area contributed by atoms with Crippen molar-refractivity contribution in [3.8, 4) is 5.69 Å². The maximum atomic E-state index is 14.7. The molecule has 0 atom stereocenters. The number of H-pyrrole nitrogens is 1. The fraction of sp³-hybridized carbons (Fsp3) is 0.111. The standard InChI is InChI=1S/C18H13F3N2O2/c1-11-15(18(20,21)12-5-3-2-4-6-12)22-17(25)23(16(11)24)14-9-7-13(19)8-10-14/h2-10H,1H3,(H,22,25). The van der Waals surface area contributed by atoms with Crippen LogP contribution in [0.1, 0.15) is 16.8 Å². The molecule has 0 saturated heterocycles. The lowest BCUT2D eigenvalue weighted by Crippen LogP contribution is -2.39. The fourth-order valence-corrected chi connectivity index (χ4v) is 2.55. The van der Waals surface area contributed by atoms with Gasteiger partial charge in [-0.25, -0.2) is 13.8 Å². The molecular weight excluding hydrogens is 333 g/mol. The number of nitrogens with one attached hydrogen (secondary N) is 1. The Morgan fingerprint density at radius 3 is 2.16 bits per heavy atom. The van der Waals surface area contributed by atoms with E-state index in [1.807, 2.05) is 0 Å². The lowest BCUT2D eigenvalue weighted by atomic mass is 10.0. The molecule has 0 unspecified atom stereocenters. The van der Waals surface area contributed by atoms with Crippen LogP contribution in [0.25, 0.3) is 5.69 Å². The van der Waals surface area contributed by atoms with E-state index in [-0.39, 0.29) is 16.8 Å². The SMILES string of the molecule is Cc1c(C(F)(F)c2ccccc2)[nH]c(=O)n(-c2ccc(F)cc2)c1=O. The van der Waals surface area contributed by atoms with Gasteiger partial charge in [-0.1, -0.05) is 30.3 Å². The fourth-order valence-electron chi connectivity index (χ4n) is 2.55. The third kappa shape index (κ3) is 2.88. The first-order valence-electron chi connectivity index (χ1n) is 7.38. The van der Waals surface area contributed by atoms with Crippen LogP contribution >= 0.6 is 0 Å².